The van der Waals surface area contributed by atoms with Crippen LogP contribution in [0.1, 0.15) is 5.69 Å². The predicted molar refractivity (Wildman–Crippen MR) is 71.0 cm³/mol. The zero-order valence-corrected chi connectivity index (χ0v) is 11.1. The Bertz CT molecular complexity index is 373. The predicted octanol–water partition coefficient (Wildman–Crippen LogP) is 0.907. The lowest BCUT2D eigenvalue weighted by Crippen LogP contribution is -2.34. The molecule has 0 bridgehead atoms. The number of nitrogens with one attached hydrogen (secondary N) is 2. The SMILES string of the molecule is CSNC(=O)NCCS(=O)Cc1ccccn1. The van der Waals surface area contributed by atoms with Crippen molar-refractivity contribution in [2.24, 2.45) is 0 Å². The summed E-state index contributed by atoms with van der Waals surface area (Å²) in [6.07, 6.45) is 3.44. The maximum absolute atomic E-state index is 11.6. The summed E-state index contributed by atoms with van der Waals surface area (Å²) in [6, 6.07) is 5.27. The molecule has 1 aromatic heterocycles. The van der Waals surface area contributed by atoms with E-state index in [1.54, 1.807) is 12.5 Å². The normalized spacial score (nSPS) is 11.8. The van der Waals surface area contributed by atoms with Crippen LogP contribution >= 0.6 is 11.9 Å². The van der Waals surface area contributed by atoms with E-state index in [0.29, 0.717) is 18.1 Å². The highest BCUT2D eigenvalue weighted by molar-refractivity contribution is 7.97. The van der Waals surface area contributed by atoms with Gasteiger partial charge in [-0.15, -0.1) is 0 Å². The molecule has 0 aliphatic heterocycles. The van der Waals surface area contributed by atoms with Gasteiger partial charge in [-0.1, -0.05) is 18.0 Å². The second-order valence-corrected chi connectivity index (χ2v) is 5.36. The molecule has 1 rings (SSSR count). The van der Waals surface area contributed by atoms with Gasteiger partial charge in [0, 0.05) is 35.5 Å². The Morgan fingerprint density at radius 2 is 2.35 bits per heavy atom. The number of amides is 2. The number of carbonyl (C=O) groups is 1. The lowest BCUT2D eigenvalue weighted by molar-refractivity contribution is 0.247. The molecule has 0 saturated heterocycles. The molecular weight excluding hydrogens is 258 g/mol. The zero-order chi connectivity index (χ0) is 12.5. The maximum Gasteiger partial charge on any atom is 0.324 e. The lowest BCUT2D eigenvalue weighted by atomic mass is 10.4. The number of hydrogen-bond acceptors (Lipinski definition) is 4. The van der Waals surface area contributed by atoms with Crippen molar-refractivity contribution in [1.82, 2.24) is 15.0 Å². The molecule has 1 unspecified atom stereocenters. The molecule has 0 saturated carbocycles. The minimum absolute atomic E-state index is 0.257. The molecule has 5 nitrogen and oxygen atoms in total. The Morgan fingerprint density at radius 1 is 1.53 bits per heavy atom. The van der Waals surface area contributed by atoms with Gasteiger partial charge >= 0.3 is 6.03 Å². The quantitative estimate of drug-likeness (QED) is 0.756. The molecule has 0 spiro atoms. The summed E-state index contributed by atoms with van der Waals surface area (Å²) in [7, 11) is -1.00. The molecule has 2 N–H and O–H groups in total. The zero-order valence-electron chi connectivity index (χ0n) is 9.51. The molecular formula is C10H15N3O2S2. The Kier molecular flexibility index (Phi) is 6.64. The van der Waals surface area contributed by atoms with Gasteiger partial charge in [-0.2, -0.15) is 0 Å². The van der Waals surface area contributed by atoms with Crippen molar-refractivity contribution in [2.45, 2.75) is 5.75 Å². The van der Waals surface area contributed by atoms with Crippen molar-refractivity contribution in [2.75, 3.05) is 18.6 Å². The standard InChI is InChI=1S/C10H15N3O2S2/c1-16-13-10(14)12-6-7-17(15)8-9-4-2-3-5-11-9/h2-5H,6-8H2,1H3,(H2,12,13,14). The van der Waals surface area contributed by atoms with E-state index in [0.717, 1.165) is 5.69 Å². The highest BCUT2D eigenvalue weighted by Crippen LogP contribution is 1.98. The number of carbonyl (C=O) groups excluding carboxylic acids is 1. The van der Waals surface area contributed by atoms with E-state index >= 15 is 0 Å². The van der Waals surface area contributed by atoms with Gasteiger partial charge in [-0.05, 0) is 12.1 Å². The first-order valence-corrected chi connectivity index (χ1v) is 7.75. The second-order valence-electron chi connectivity index (χ2n) is 3.17. The lowest BCUT2D eigenvalue weighted by Gasteiger charge is -2.05. The van der Waals surface area contributed by atoms with Crippen LogP contribution in [0.25, 0.3) is 0 Å². The average molecular weight is 273 g/mol. The molecule has 17 heavy (non-hydrogen) atoms. The van der Waals surface area contributed by atoms with Crippen molar-refractivity contribution >= 4 is 28.8 Å². The van der Waals surface area contributed by atoms with Crippen LogP contribution in [0, 0.1) is 0 Å². The highest BCUT2D eigenvalue weighted by Gasteiger charge is 2.03. The van der Waals surface area contributed by atoms with Crippen LogP contribution in [0.15, 0.2) is 24.4 Å². The van der Waals surface area contributed by atoms with Gasteiger partial charge in [0.25, 0.3) is 0 Å². The van der Waals surface area contributed by atoms with E-state index in [4.69, 9.17) is 0 Å². The van der Waals surface area contributed by atoms with Gasteiger partial charge in [-0.25, -0.2) is 4.79 Å². The average Bonchev–Trinajstić information content (AvgIpc) is 2.30. The molecule has 0 radical (unpaired) electrons. The Balaban J connectivity index is 2.20. The summed E-state index contributed by atoms with van der Waals surface area (Å²) in [5, 5.41) is 2.62. The maximum atomic E-state index is 11.6. The summed E-state index contributed by atoms with van der Waals surface area (Å²) in [4.78, 5) is 15.1. The van der Waals surface area contributed by atoms with E-state index in [1.807, 2.05) is 18.2 Å². The van der Waals surface area contributed by atoms with Gasteiger partial charge < -0.3 is 5.32 Å². The van der Waals surface area contributed by atoms with E-state index in [2.05, 4.69) is 15.0 Å². The van der Waals surface area contributed by atoms with Crippen LogP contribution in [0.2, 0.25) is 0 Å². The van der Waals surface area contributed by atoms with Crippen LogP contribution in [0.3, 0.4) is 0 Å². The molecule has 0 aliphatic carbocycles. The second kappa shape index (κ2) is 8.08. The smallest absolute Gasteiger partial charge is 0.324 e. The number of hydrogen-bond donors (Lipinski definition) is 2. The monoisotopic (exact) mass is 273 g/mol. The highest BCUT2D eigenvalue weighted by atomic mass is 32.2. The fraction of sp³-hybridized carbons (Fsp3) is 0.400. The van der Waals surface area contributed by atoms with Crippen molar-refractivity contribution in [1.29, 1.82) is 0 Å². The van der Waals surface area contributed by atoms with Crippen LogP contribution < -0.4 is 10.0 Å². The summed E-state index contributed by atoms with van der Waals surface area (Å²) in [5.74, 6) is 0.852. The van der Waals surface area contributed by atoms with Crippen LogP contribution in [0.4, 0.5) is 4.79 Å². The first-order chi connectivity index (χ1) is 8.22. The van der Waals surface area contributed by atoms with Gasteiger partial charge in [0.2, 0.25) is 0 Å². The molecule has 94 valence electrons. The first kappa shape index (κ1) is 14.0. The number of rotatable bonds is 6. The van der Waals surface area contributed by atoms with Crippen molar-refractivity contribution < 1.29 is 9.00 Å². The molecule has 1 heterocycles. The number of nitrogens with zero attached hydrogens (tertiary/aromatic N) is 1. The third-order valence-electron chi connectivity index (χ3n) is 1.85. The van der Waals surface area contributed by atoms with Crippen LogP contribution in [-0.2, 0) is 16.6 Å². The number of urea groups is 1. The third kappa shape index (κ3) is 6.28. The fourth-order valence-electron chi connectivity index (χ4n) is 1.13. The summed E-state index contributed by atoms with van der Waals surface area (Å²) in [5.41, 5.74) is 0.805. The molecule has 2 amide bonds. The Labute approximate surface area is 107 Å². The van der Waals surface area contributed by atoms with E-state index < -0.39 is 10.8 Å². The molecule has 0 aliphatic rings. The first-order valence-electron chi connectivity index (χ1n) is 5.04. The third-order valence-corrected chi connectivity index (χ3v) is 3.51. The van der Waals surface area contributed by atoms with E-state index in [1.165, 1.54) is 11.9 Å². The van der Waals surface area contributed by atoms with Gasteiger partial charge in [0.1, 0.15) is 0 Å². The minimum atomic E-state index is -1.00. The topological polar surface area (TPSA) is 71.1 Å². The summed E-state index contributed by atoms with van der Waals surface area (Å²) < 4.78 is 14.2. The van der Waals surface area contributed by atoms with Crippen molar-refractivity contribution in [3.05, 3.63) is 30.1 Å². The Morgan fingerprint density at radius 3 is 3.00 bits per heavy atom. The van der Waals surface area contributed by atoms with Gasteiger partial charge in [-0.3, -0.25) is 13.9 Å². The number of pyridine rings is 1. The fourth-order valence-corrected chi connectivity index (χ4v) is 2.36. The van der Waals surface area contributed by atoms with Gasteiger partial charge in [0.05, 0.1) is 11.4 Å². The number of aromatic nitrogens is 1. The molecule has 7 heteroatoms. The molecule has 1 atom stereocenters. The van der Waals surface area contributed by atoms with E-state index in [9.17, 15) is 9.00 Å². The van der Waals surface area contributed by atoms with Crippen molar-refractivity contribution in [3.8, 4) is 0 Å². The Hall–Kier alpha value is -1.08. The summed E-state index contributed by atoms with van der Waals surface area (Å²) >= 11 is 1.22. The molecule has 1 aromatic rings. The van der Waals surface area contributed by atoms with Crippen LogP contribution in [-0.4, -0.2) is 33.8 Å². The van der Waals surface area contributed by atoms with Gasteiger partial charge in [0.15, 0.2) is 0 Å². The molecule has 0 aromatic carbocycles. The van der Waals surface area contributed by atoms with E-state index in [-0.39, 0.29) is 6.03 Å². The molecule has 0 fully saturated rings. The summed E-state index contributed by atoms with van der Waals surface area (Å²) in [6.45, 7) is 0.395. The largest absolute Gasteiger partial charge is 0.337 e. The van der Waals surface area contributed by atoms with Crippen molar-refractivity contribution in [3.63, 3.8) is 0 Å². The minimum Gasteiger partial charge on any atom is -0.337 e. The van der Waals surface area contributed by atoms with Crippen LogP contribution in [0.5, 0.6) is 0 Å².